The zero-order chi connectivity index (χ0) is 15.9. The van der Waals surface area contributed by atoms with Gasteiger partial charge in [0.05, 0.1) is 25.4 Å². The first-order chi connectivity index (χ1) is 9.63. The Morgan fingerprint density at radius 3 is 2.71 bits per heavy atom. The molecule has 4 nitrogen and oxygen atoms in total. The first kappa shape index (κ1) is 16.5. The second-order valence-electron chi connectivity index (χ2n) is 5.68. The fourth-order valence-electron chi connectivity index (χ4n) is 2.08. The number of hydrogen-bond donors (Lipinski definition) is 1. The number of benzene rings is 1. The number of halogens is 3. The van der Waals surface area contributed by atoms with E-state index >= 15 is 0 Å². The Balaban J connectivity index is 2.67. The molecule has 0 fully saturated rings. The van der Waals surface area contributed by atoms with E-state index in [1.54, 1.807) is 31.4 Å². The minimum Gasteiger partial charge on any atom is -0.369 e. The number of rotatable bonds is 4. The van der Waals surface area contributed by atoms with Gasteiger partial charge in [-0.2, -0.15) is 0 Å². The van der Waals surface area contributed by atoms with Crippen molar-refractivity contribution >= 4 is 51.1 Å². The molecule has 2 N–H and O–H groups in total. The fraction of sp³-hybridized carbons (Fsp3) is 0.429. The lowest BCUT2D eigenvalue weighted by atomic mass is 9.92. The van der Waals surface area contributed by atoms with E-state index in [1.807, 2.05) is 22.6 Å². The van der Waals surface area contributed by atoms with Gasteiger partial charge < -0.3 is 10.3 Å². The van der Waals surface area contributed by atoms with Crippen LogP contribution in [-0.2, 0) is 11.3 Å². The van der Waals surface area contributed by atoms with E-state index in [0.29, 0.717) is 27.0 Å². The minimum atomic E-state index is -0.784. The number of carbonyl (C=O) groups excluding carboxylic acids is 1. The van der Waals surface area contributed by atoms with Gasteiger partial charge in [-0.3, -0.25) is 4.79 Å². The molecule has 2 aromatic rings. The number of imidazole rings is 1. The van der Waals surface area contributed by atoms with Crippen LogP contribution < -0.4 is 5.73 Å². The molecule has 1 aromatic carbocycles. The summed E-state index contributed by atoms with van der Waals surface area (Å²) < 4.78 is 16.1. The number of nitrogens with two attached hydrogens (primary N) is 1. The number of primary amides is 1. The fourth-order valence-corrected chi connectivity index (χ4v) is 2.70. The second kappa shape index (κ2) is 5.72. The van der Waals surface area contributed by atoms with Gasteiger partial charge in [0, 0.05) is 12.6 Å². The molecule has 0 saturated heterocycles. The van der Waals surface area contributed by atoms with Crippen molar-refractivity contribution in [1.82, 2.24) is 9.55 Å². The van der Waals surface area contributed by atoms with Gasteiger partial charge in [0.1, 0.15) is 11.6 Å². The summed E-state index contributed by atoms with van der Waals surface area (Å²) in [5, 5.41) is -0.359. The number of alkyl halides is 1. The summed E-state index contributed by atoms with van der Waals surface area (Å²) in [7, 11) is 0. The van der Waals surface area contributed by atoms with Crippen LogP contribution in [0.25, 0.3) is 11.0 Å². The number of fused-ring (bicyclic) bond motifs is 1. The maximum atomic E-state index is 13.9. The van der Waals surface area contributed by atoms with Crippen LogP contribution in [0.5, 0.6) is 0 Å². The maximum Gasteiger partial charge on any atom is 0.224 e. The van der Waals surface area contributed by atoms with Crippen LogP contribution in [0.4, 0.5) is 4.39 Å². The highest BCUT2D eigenvalue weighted by molar-refractivity contribution is 14.1. The van der Waals surface area contributed by atoms with Crippen LogP contribution in [0, 0.1) is 14.8 Å². The van der Waals surface area contributed by atoms with Crippen molar-refractivity contribution in [3.63, 3.8) is 0 Å². The van der Waals surface area contributed by atoms with Crippen LogP contribution in [0.15, 0.2) is 12.1 Å². The molecule has 7 heteroatoms. The SMILES string of the molecule is CC(Cl)c1nc2cc(I)c(F)cc2n1CC(C)(C)C(N)=O. The second-order valence-corrected chi connectivity index (χ2v) is 7.49. The maximum absolute atomic E-state index is 13.9. The quantitative estimate of drug-likeness (QED) is 0.603. The number of amides is 1. The first-order valence-electron chi connectivity index (χ1n) is 6.42. The predicted molar refractivity (Wildman–Crippen MR) is 89.7 cm³/mol. The van der Waals surface area contributed by atoms with E-state index in [4.69, 9.17) is 17.3 Å². The van der Waals surface area contributed by atoms with Gasteiger partial charge in [-0.25, -0.2) is 9.37 Å². The van der Waals surface area contributed by atoms with Crippen molar-refractivity contribution in [3.8, 4) is 0 Å². The van der Waals surface area contributed by atoms with Gasteiger partial charge >= 0.3 is 0 Å². The summed E-state index contributed by atoms with van der Waals surface area (Å²) in [5.74, 6) is -0.152. The van der Waals surface area contributed by atoms with Crippen molar-refractivity contribution in [3.05, 3.63) is 27.3 Å². The zero-order valence-corrected chi connectivity index (χ0v) is 14.9. The molecule has 0 aliphatic rings. The average molecular weight is 424 g/mol. The molecule has 0 aliphatic heterocycles. The smallest absolute Gasteiger partial charge is 0.224 e. The van der Waals surface area contributed by atoms with Gasteiger partial charge in [0.25, 0.3) is 0 Å². The monoisotopic (exact) mass is 423 g/mol. The number of aromatic nitrogens is 2. The Labute approximate surface area is 141 Å². The summed E-state index contributed by atoms with van der Waals surface area (Å²) in [6.45, 7) is 5.57. The van der Waals surface area contributed by atoms with Crippen molar-refractivity contribution in [2.75, 3.05) is 0 Å². The average Bonchev–Trinajstić information content (AvgIpc) is 2.68. The van der Waals surface area contributed by atoms with Crippen LogP contribution in [0.2, 0.25) is 0 Å². The van der Waals surface area contributed by atoms with Crippen LogP contribution >= 0.6 is 34.2 Å². The molecular formula is C14H16ClFIN3O. The molecule has 1 heterocycles. The van der Waals surface area contributed by atoms with Gasteiger partial charge in [0.15, 0.2) is 0 Å². The highest BCUT2D eigenvalue weighted by Gasteiger charge is 2.28. The summed E-state index contributed by atoms with van der Waals surface area (Å²) in [6.07, 6.45) is 0. The van der Waals surface area contributed by atoms with E-state index in [1.165, 1.54) is 6.07 Å². The number of hydrogen-bond acceptors (Lipinski definition) is 2. The molecule has 1 amide bonds. The third-order valence-corrected chi connectivity index (χ3v) is 4.42. The lowest BCUT2D eigenvalue weighted by molar-refractivity contribution is -0.126. The summed E-state index contributed by atoms with van der Waals surface area (Å²) in [6, 6.07) is 3.09. The normalized spacial score (nSPS) is 13.6. The molecule has 114 valence electrons. The Morgan fingerprint density at radius 2 is 2.19 bits per heavy atom. The van der Waals surface area contributed by atoms with Crippen molar-refractivity contribution in [2.45, 2.75) is 32.7 Å². The summed E-state index contributed by atoms with van der Waals surface area (Å²) >= 11 is 8.09. The van der Waals surface area contributed by atoms with E-state index in [2.05, 4.69) is 4.98 Å². The molecule has 0 aliphatic carbocycles. The Morgan fingerprint density at radius 1 is 1.57 bits per heavy atom. The van der Waals surface area contributed by atoms with E-state index in [9.17, 15) is 9.18 Å². The van der Waals surface area contributed by atoms with E-state index in [-0.39, 0.29) is 11.2 Å². The molecule has 1 atom stereocenters. The summed E-state index contributed by atoms with van der Waals surface area (Å²) in [4.78, 5) is 16.0. The molecule has 0 radical (unpaired) electrons. The van der Waals surface area contributed by atoms with Crippen LogP contribution in [0.1, 0.15) is 32.0 Å². The van der Waals surface area contributed by atoms with Crippen molar-refractivity contribution in [2.24, 2.45) is 11.1 Å². The lowest BCUT2D eigenvalue weighted by Gasteiger charge is -2.23. The van der Waals surface area contributed by atoms with E-state index in [0.717, 1.165) is 0 Å². The van der Waals surface area contributed by atoms with Gasteiger partial charge in [-0.1, -0.05) is 0 Å². The van der Waals surface area contributed by atoms with E-state index < -0.39 is 11.3 Å². The molecule has 2 rings (SSSR count). The number of nitrogens with zero attached hydrogens (tertiary/aromatic N) is 2. The zero-order valence-electron chi connectivity index (χ0n) is 12.0. The Hall–Kier alpha value is -0.890. The molecule has 0 spiro atoms. The molecule has 1 aromatic heterocycles. The molecule has 0 saturated carbocycles. The van der Waals surface area contributed by atoms with Crippen LogP contribution in [0.3, 0.4) is 0 Å². The van der Waals surface area contributed by atoms with Crippen molar-refractivity contribution in [1.29, 1.82) is 0 Å². The molecule has 1 unspecified atom stereocenters. The van der Waals surface area contributed by atoms with Gasteiger partial charge in [-0.15, -0.1) is 11.6 Å². The number of carbonyl (C=O) groups is 1. The van der Waals surface area contributed by atoms with Crippen molar-refractivity contribution < 1.29 is 9.18 Å². The predicted octanol–water partition coefficient (Wildman–Crippen LogP) is 3.59. The molecule has 21 heavy (non-hydrogen) atoms. The highest BCUT2D eigenvalue weighted by atomic mass is 127. The molecular weight excluding hydrogens is 408 g/mol. The largest absolute Gasteiger partial charge is 0.369 e. The Bertz CT molecular complexity index is 712. The molecule has 0 bridgehead atoms. The third kappa shape index (κ3) is 3.15. The Kier molecular flexibility index (Phi) is 4.49. The van der Waals surface area contributed by atoms with Crippen LogP contribution in [-0.4, -0.2) is 15.5 Å². The third-order valence-electron chi connectivity index (χ3n) is 3.40. The highest BCUT2D eigenvalue weighted by Crippen LogP contribution is 2.30. The van der Waals surface area contributed by atoms with Gasteiger partial charge in [-0.05, 0) is 49.4 Å². The van der Waals surface area contributed by atoms with Gasteiger partial charge in [0.2, 0.25) is 5.91 Å². The minimum absolute atomic E-state index is 0.297. The lowest BCUT2D eigenvalue weighted by Crippen LogP contribution is -2.35. The summed E-state index contributed by atoms with van der Waals surface area (Å²) in [5.41, 5.74) is 5.92. The topological polar surface area (TPSA) is 60.9 Å². The first-order valence-corrected chi connectivity index (χ1v) is 7.94. The standard InChI is InChI=1S/C14H16ClFIN3O/c1-7(15)12-19-10-5-9(17)8(16)4-11(10)20(12)6-14(2,3)13(18)21/h4-5,7H,6H2,1-3H3,(H2,18,21).